The van der Waals surface area contributed by atoms with E-state index in [4.69, 9.17) is 0 Å². The summed E-state index contributed by atoms with van der Waals surface area (Å²) in [4.78, 5) is 0. The normalized spacial score (nSPS) is 12.3. The summed E-state index contributed by atoms with van der Waals surface area (Å²) in [7, 11) is 0. The molecule has 0 fully saturated rings. The van der Waals surface area contributed by atoms with Gasteiger partial charge in [-0.25, -0.2) is 0 Å². The molecule has 280 valence electrons. The van der Waals surface area contributed by atoms with E-state index in [0.717, 1.165) is 0 Å². The van der Waals surface area contributed by atoms with E-state index in [9.17, 15) is 0 Å². The van der Waals surface area contributed by atoms with Crippen LogP contribution < -0.4 is 0 Å². The first-order valence-corrected chi connectivity index (χ1v) is 22.0. The Morgan fingerprint density at radius 3 is 1.07 bits per heavy atom. The van der Waals surface area contributed by atoms with Crippen LogP contribution in [0.25, 0.3) is 139 Å². The Morgan fingerprint density at radius 1 is 0.213 bits per heavy atom. The smallest absolute Gasteiger partial charge is 0.0440 e. The lowest BCUT2D eigenvalue weighted by atomic mass is 9.84. The van der Waals surface area contributed by atoms with Crippen LogP contribution in [0.4, 0.5) is 0 Å². The van der Waals surface area contributed by atoms with Gasteiger partial charge in [0.15, 0.2) is 0 Å². The summed E-state index contributed by atoms with van der Waals surface area (Å²) in [5.41, 5.74) is 5.06. The molecule has 0 aliphatic rings. The molecule has 0 bridgehead atoms. The molecular weight excluding hydrogens is 753 g/mol. The van der Waals surface area contributed by atoms with E-state index in [1.54, 1.807) is 0 Å². The van der Waals surface area contributed by atoms with E-state index in [2.05, 4.69) is 206 Å². The van der Waals surface area contributed by atoms with Crippen molar-refractivity contribution in [1.29, 1.82) is 0 Å². The van der Waals surface area contributed by atoms with Crippen LogP contribution in [0.15, 0.2) is 206 Å². The molecule has 1 aromatic heterocycles. The van der Waals surface area contributed by atoms with E-state index in [1.807, 2.05) is 11.3 Å². The maximum atomic E-state index is 2.47. The van der Waals surface area contributed by atoms with Gasteiger partial charge in [-0.1, -0.05) is 194 Å². The Balaban J connectivity index is 1.05. The van der Waals surface area contributed by atoms with Crippen molar-refractivity contribution in [2.75, 3.05) is 0 Å². The fourth-order valence-electron chi connectivity index (χ4n) is 11.0. The highest BCUT2D eigenvalue weighted by Crippen LogP contribution is 2.50. The van der Waals surface area contributed by atoms with E-state index >= 15 is 0 Å². The Labute approximate surface area is 355 Å². The summed E-state index contributed by atoms with van der Waals surface area (Å²) in [5.74, 6) is 0. The van der Waals surface area contributed by atoms with Crippen LogP contribution in [0, 0.1) is 0 Å². The average molecular weight is 787 g/mol. The van der Waals surface area contributed by atoms with Gasteiger partial charge in [-0.15, -0.1) is 11.3 Å². The fourth-order valence-corrected chi connectivity index (χ4v) is 12.4. The first-order valence-electron chi connectivity index (χ1n) is 21.2. The standard InChI is InChI=1S/C60H34S/c1-2-14-36-33-37(26-25-35(36)13-1)55-46-21-9-11-23-48(46)56(49-24-12-10-22-47(49)55)38-27-28-43-51-30-32-53-52-31-29-50-41-17-4-3-15-39(41)40-16-5-7-19-44(40)57(50)59(52)61-60(53)58(51)45-20-8-6-18-42(45)54(43)34-38/h1-34H. The highest BCUT2D eigenvalue weighted by atomic mass is 32.1. The topological polar surface area (TPSA) is 0 Å². The molecule has 14 aromatic rings. The summed E-state index contributed by atoms with van der Waals surface area (Å²) in [6.07, 6.45) is 0. The molecule has 0 saturated heterocycles. The molecule has 0 spiro atoms. The summed E-state index contributed by atoms with van der Waals surface area (Å²) >= 11 is 1.97. The molecule has 0 radical (unpaired) electrons. The third kappa shape index (κ3) is 4.59. The maximum absolute atomic E-state index is 2.47. The van der Waals surface area contributed by atoms with E-state index in [-0.39, 0.29) is 0 Å². The molecular formula is C60H34S. The highest BCUT2D eigenvalue weighted by Gasteiger charge is 2.21. The van der Waals surface area contributed by atoms with Crippen molar-refractivity contribution in [1.82, 2.24) is 0 Å². The molecule has 0 atom stereocenters. The molecule has 0 aliphatic carbocycles. The Bertz CT molecular complexity index is 4110. The van der Waals surface area contributed by atoms with Crippen LogP contribution in [-0.2, 0) is 0 Å². The van der Waals surface area contributed by atoms with Crippen molar-refractivity contribution in [3.05, 3.63) is 206 Å². The van der Waals surface area contributed by atoms with Crippen LogP contribution >= 0.6 is 11.3 Å². The minimum absolute atomic E-state index is 1.24. The first-order chi connectivity index (χ1) is 30.3. The molecule has 0 aliphatic heterocycles. The second-order valence-corrected chi connectivity index (χ2v) is 17.7. The average Bonchev–Trinajstić information content (AvgIpc) is 3.72. The molecule has 1 heteroatoms. The zero-order valence-electron chi connectivity index (χ0n) is 33.0. The maximum Gasteiger partial charge on any atom is 0.0440 e. The summed E-state index contributed by atoms with van der Waals surface area (Å²) in [6, 6.07) is 77.3. The van der Waals surface area contributed by atoms with E-state index < -0.39 is 0 Å². The van der Waals surface area contributed by atoms with Gasteiger partial charge < -0.3 is 0 Å². The fraction of sp³-hybridized carbons (Fsp3) is 0. The molecule has 0 N–H and O–H groups in total. The van der Waals surface area contributed by atoms with Crippen molar-refractivity contribution < 1.29 is 0 Å². The summed E-state index contributed by atoms with van der Waals surface area (Å²) in [5, 5.41) is 26.1. The number of fused-ring (bicyclic) bond motifs is 20. The summed E-state index contributed by atoms with van der Waals surface area (Å²) < 4.78 is 2.73. The number of hydrogen-bond acceptors (Lipinski definition) is 1. The van der Waals surface area contributed by atoms with Crippen molar-refractivity contribution >= 4 is 128 Å². The Hall–Kier alpha value is -7.58. The van der Waals surface area contributed by atoms with Gasteiger partial charge in [0.2, 0.25) is 0 Å². The number of benzene rings is 13. The lowest BCUT2D eigenvalue weighted by Gasteiger charge is -2.19. The SMILES string of the molecule is c1ccc2cc(-c3c4ccccc4c(-c4ccc5c(c4)c4ccccc4c4c5ccc5c6ccc7c8ccccc8c8ccccc8c7c6sc54)c4ccccc34)ccc2c1. The zero-order valence-corrected chi connectivity index (χ0v) is 33.9. The Morgan fingerprint density at radius 2 is 0.541 bits per heavy atom. The predicted molar refractivity (Wildman–Crippen MR) is 268 cm³/mol. The van der Waals surface area contributed by atoms with E-state index in [0.29, 0.717) is 0 Å². The minimum atomic E-state index is 1.24. The van der Waals surface area contributed by atoms with Gasteiger partial charge in [-0.2, -0.15) is 0 Å². The number of hydrogen-bond donors (Lipinski definition) is 0. The predicted octanol–water partition coefficient (Wildman–Crippen LogP) is 17.8. The van der Waals surface area contributed by atoms with Crippen molar-refractivity contribution in [2.24, 2.45) is 0 Å². The van der Waals surface area contributed by atoms with Crippen LogP contribution in [0.3, 0.4) is 0 Å². The minimum Gasteiger partial charge on any atom is -0.134 e. The molecule has 1 heterocycles. The Kier molecular flexibility index (Phi) is 6.80. The van der Waals surface area contributed by atoms with Gasteiger partial charge in [0.1, 0.15) is 0 Å². The van der Waals surface area contributed by atoms with E-state index in [1.165, 1.54) is 139 Å². The van der Waals surface area contributed by atoms with Crippen LogP contribution in [0.1, 0.15) is 0 Å². The molecule has 0 nitrogen and oxygen atoms in total. The molecule has 0 saturated carbocycles. The van der Waals surface area contributed by atoms with Crippen molar-refractivity contribution in [3.8, 4) is 22.3 Å². The van der Waals surface area contributed by atoms with Crippen molar-refractivity contribution in [3.63, 3.8) is 0 Å². The van der Waals surface area contributed by atoms with Crippen LogP contribution in [0.2, 0.25) is 0 Å². The van der Waals surface area contributed by atoms with Gasteiger partial charge in [0, 0.05) is 30.9 Å². The van der Waals surface area contributed by atoms with Crippen LogP contribution in [0.5, 0.6) is 0 Å². The van der Waals surface area contributed by atoms with Gasteiger partial charge in [-0.05, 0) is 121 Å². The molecule has 0 unspecified atom stereocenters. The molecule has 0 amide bonds. The molecule has 61 heavy (non-hydrogen) atoms. The highest BCUT2D eigenvalue weighted by molar-refractivity contribution is 7.27. The van der Waals surface area contributed by atoms with Crippen molar-refractivity contribution in [2.45, 2.75) is 0 Å². The molecule has 13 aromatic carbocycles. The van der Waals surface area contributed by atoms with Gasteiger partial charge in [0.25, 0.3) is 0 Å². The lowest BCUT2D eigenvalue weighted by Crippen LogP contribution is -1.91. The van der Waals surface area contributed by atoms with Gasteiger partial charge in [0.05, 0.1) is 0 Å². The second kappa shape index (κ2) is 12.5. The number of thiophene rings is 1. The van der Waals surface area contributed by atoms with Crippen LogP contribution in [-0.4, -0.2) is 0 Å². The largest absolute Gasteiger partial charge is 0.134 e. The third-order valence-corrected chi connectivity index (χ3v) is 14.8. The quantitative estimate of drug-likeness (QED) is 0.121. The summed E-state index contributed by atoms with van der Waals surface area (Å²) in [6.45, 7) is 0. The number of rotatable bonds is 2. The lowest BCUT2D eigenvalue weighted by molar-refractivity contribution is 1.68. The second-order valence-electron chi connectivity index (χ2n) is 16.6. The third-order valence-electron chi connectivity index (χ3n) is 13.6. The van der Waals surface area contributed by atoms with Gasteiger partial charge >= 0.3 is 0 Å². The van der Waals surface area contributed by atoms with Gasteiger partial charge in [-0.3, -0.25) is 0 Å². The zero-order chi connectivity index (χ0) is 39.8. The first kappa shape index (κ1) is 33.3. The molecule has 14 rings (SSSR count). The monoisotopic (exact) mass is 786 g/mol.